The maximum Gasteiger partial charge on any atom is 0.241 e. The molecule has 0 heterocycles. The van der Waals surface area contributed by atoms with Crippen molar-refractivity contribution in [3.8, 4) is 5.75 Å². The van der Waals surface area contributed by atoms with Gasteiger partial charge in [0.2, 0.25) is 5.91 Å². The first-order chi connectivity index (χ1) is 8.58. The Hall–Kier alpha value is -1.55. The van der Waals surface area contributed by atoms with E-state index in [0.29, 0.717) is 24.5 Å². The first-order valence-electron chi connectivity index (χ1n) is 6.38. The summed E-state index contributed by atoms with van der Waals surface area (Å²) in [5.41, 5.74) is 7.47. The summed E-state index contributed by atoms with van der Waals surface area (Å²) < 4.78 is 5.63. The third-order valence-electron chi connectivity index (χ3n) is 2.63. The maximum atomic E-state index is 11.8. The number of carbonyl (C=O) groups excluding carboxylic acids is 1. The normalized spacial score (nSPS) is 12.0. The van der Waals surface area contributed by atoms with Gasteiger partial charge in [0, 0.05) is 0 Å². The van der Waals surface area contributed by atoms with E-state index in [2.05, 4.69) is 5.32 Å². The maximum absolute atomic E-state index is 11.8. The van der Waals surface area contributed by atoms with E-state index >= 15 is 0 Å². The first kappa shape index (κ1) is 14.5. The van der Waals surface area contributed by atoms with Crippen LogP contribution in [-0.2, 0) is 4.79 Å². The Morgan fingerprint density at radius 3 is 2.78 bits per heavy atom. The Kier molecular flexibility index (Phi) is 5.65. The molecule has 0 aliphatic rings. The van der Waals surface area contributed by atoms with Crippen LogP contribution >= 0.6 is 0 Å². The van der Waals surface area contributed by atoms with Crippen LogP contribution in [-0.4, -0.2) is 18.6 Å². The number of benzene rings is 1. The average Bonchev–Trinajstić information content (AvgIpc) is 2.37. The van der Waals surface area contributed by atoms with E-state index < -0.39 is 6.04 Å². The van der Waals surface area contributed by atoms with Crippen molar-refractivity contribution in [2.24, 2.45) is 5.73 Å². The van der Waals surface area contributed by atoms with E-state index in [4.69, 9.17) is 10.5 Å². The van der Waals surface area contributed by atoms with Gasteiger partial charge in [-0.3, -0.25) is 4.79 Å². The van der Waals surface area contributed by atoms with E-state index in [1.54, 1.807) is 0 Å². The van der Waals surface area contributed by atoms with Crippen LogP contribution in [0.3, 0.4) is 0 Å². The molecule has 0 spiro atoms. The molecule has 0 fully saturated rings. The van der Waals surface area contributed by atoms with E-state index in [1.165, 1.54) is 0 Å². The molecule has 0 unspecified atom stereocenters. The number of nitrogens with two attached hydrogens (primary N) is 1. The second-order valence-corrected chi connectivity index (χ2v) is 4.35. The van der Waals surface area contributed by atoms with Crippen LogP contribution in [0.25, 0.3) is 0 Å². The Morgan fingerprint density at radius 1 is 1.44 bits per heavy atom. The summed E-state index contributed by atoms with van der Waals surface area (Å²) in [6.07, 6.45) is 1.54. The summed E-state index contributed by atoms with van der Waals surface area (Å²) in [6, 6.07) is 5.22. The largest absolute Gasteiger partial charge is 0.491 e. The summed E-state index contributed by atoms with van der Waals surface area (Å²) in [4.78, 5) is 11.8. The van der Waals surface area contributed by atoms with Gasteiger partial charge >= 0.3 is 0 Å². The zero-order chi connectivity index (χ0) is 13.5. The van der Waals surface area contributed by atoms with Crippen LogP contribution in [0.4, 0.5) is 5.69 Å². The monoisotopic (exact) mass is 250 g/mol. The molecule has 18 heavy (non-hydrogen) atoms. The van der Waals surface area contributed by atoms with Crippen LogP contribution < -0.4 is 15.8 Å². The molecule has 0 radical (unpaired) electrons. The van der Waals surface area contributed by atoms with Crippen molar-refractivity contribution in [1.29, 1.82) is 0 Å². The molecule has 1 rings (SSSR count). The molecule has 1 amide bonds. The zero-order valence-corrected chi connectivity index (χ0v) is 11.3. The van der Waals surface area contributed by atoms with Crippen molar-refractivity contribution in [1.82, 2.24) is 0 Å². The highest BCUT2D eigenvalue weighted by Gasteiger charge is 2.13. The molecule has 0 saturated carbocycles. The van der Waals surface area contributed by atoms with Gasteiger partial charge in [0.15, 0.2) is 0 Å². The highest BCUT2D eigenvalue weighted by molar-refractivity contribution is 5.95. The molecule has 1 atom stereocenters. The number of aryl methyl sites for hydroxylation is 1. The summed E-state index contributed by atoms with van der Waals surface area (Å²) >= 11 is 0. The van der Waals surface area contributed by atoms with Gasteiger partial charge in [0.25, 0.3) is 0 Å². The Labute approximate surface area is 109 Å². The van der Waals surface area contributed by atoms with Gasteiger partial charge < -0.3 is 15.8 Å². The molecule has 0 bridgehead atoms. The molecule has 100 valence electrons. The number of amides is 1. The second kappa shape index (κ2) is 7.01. The summed E-state index contributed by atoms with van der Waals surface area (Å²) in [5.74, 6) is 0.524. The summed E-state index contributed by atoms with van der Waals surface area (Å²) in [7, 11) is 0. The van der Waals surface area contributed by atoms with Crippen LogP contribution in [0.2, 0.25) is 0 Å². The van der Waals surface area contributed by atoms with Gasteiger partial charge in [-0.1, -0.05) is 19.9 Å². The topological polar surface area (TPSA) is 64.3 Å². The molecule has 3 N–H and O–H groups in total. The van der Waals surface area contributed by atoms with Crippen molar-refractivity contribution in [2.75, 3.05) is 11.9 Å². The van der Waals surface area contributed by atoms with Crippen molar-refractivity contribution in [3.63, 3.8) is 0 Å². The molecule has 0 aromatic heterocycles. The number of rotatable bonds is 6. The van der Waals surface area contributed by atoms with Crippen LogP contribution in [0.5, 0.6) is 5.75 Å². The molecular formula is C14H22N2O2. The predicted octanol–water partition coefficient (Wildman–Crippen LogP) is 2.46. The minimum Gasteiger partial charge on any atom is -0.491 e. The standard InChI is InChI=1S/C14H22N2O2/c1-4-8-18-13-9-10(3)6-7-12(13)16-14(17)11(15)5-2/h6-7,9,11H,4-5,8,15H2,1-3H3,(H,16,17)/t11-/m0/s1. The molecule has 4 heteroatoms. The van der Waals surface area contributed by atoms with E-state index in [-0.39, 0.29) is 5.91 Å². The Balaban J connectivity index is 2.83. The molecule has 4 nitrogen and oxygen atoms in total. The van der Waals surface area contributed by atoms with Crippen LogP contribution in [0.1, 0.15) is 32.3 Å². The fraction of sp³-hybridized carbons (Fsp3) is 0.500. The van der Waals surface area contributed by atoms with Gasteiger partial charge in [-0.25, -0.2) is 0 Å². The van der Waals surface area contributed by atoms with Crippen molar-refractivity contribution < 1.29 is 9.53 Å². The Bertz CT molecular complexity index is 405. The van der Waals surface area contributed by atoms with Gasteiger partial charge in [-0.15, -0.1) is 0 Å². The second-order valence-electron chi connectivity index (χ2n) is 4.35. The third kappa shape index (κ3) is 4.04. The molecule has 0 aliphatic carbocycles. The molecule has 1 aromatic carbocycles. The van der Waals surface area contributed by atoms with E-state index in [9.17, 15) is 4.79 Å². The zero-order valence-electron chi connectivity index (χ0n) is 11.3. The number of carbonyl (C=O) groups is 1. The van der Waals surface area contributed by atoms with Gasteiger partial charge in [-0.05, 0) is 37.5 Å². The first-order valence-corrected chi connectivity index (χ1v) is 6.38. The van der Waals surface area contributed by atoms with Gasteiger partial charge in [-0.2, -0.15) is 0 Å². The van der Waals surface area contributed by atoms with Gasteiger partial charge in [0.1, 0.15) is 5.75 Å². The number of nitrogens with one attached hydrogen (secondary N) is 1. The van der Waals surface area contributed by atoms with Crippen LogP contribution in [0, 0.1) is 6.92 Å². The molecule has 1 aromatic rings. The highest BCUT2D eigenvalue weighted by Crippen LogP contribution is 2.26. The highest BCUT2D eigenvalue weighted by atomic mass is 16.5. The number of anilines is 1. The fourth-order valence-corrected chi connectivity index (χ4v) is 1.48. The molecule has 0 saturated heterocycles. The van der Waals surface area contributed by atoms with E-state index in [0.717, 1.165) is 12.0 Å². The fourth-order valence-electron chi connectivity index (χ4n) is 1.48. The van der Waals surface area contributed by atoms with Crippen molar-refractivity contribution in [2.45, 2.75) is 39.7 Å². The van der Waals surface area contributed by atoms with Crippen LogP contribution in [0.15, 0.2) is 18.2 Å². The smallest absolute Gasteiger partial charge is 0.241 e. The minimum atomic E-state index is -0.481. The summed E-state index contributed by atoms with van der Waals surface area (Å²) in [5, 5.41) is 2.81. The molecular weight excluding hydrogens is 228 g/mol. The van der Waals surface area contributed by atoms with Gasteiger partial charge in [0.05, 0.1) is 18.3 Å². The SMILES string of the molecule is CCCOc1cc(C)ccc1NC(=O)[C@@H](N)CC. The quantitative estimate of drug-likeness (QED) is 0.815. The Morgan fingerprint density at radius 2 is 2.17 bits per heavy atom. The van der Waals surface area contributed by atoms with Crippen molar-refractivity contribution in [3.05, 3.63) is 23.8 Å². The minimum absolute atomic E-state index is 0.178. The van der Waals surface area contributed by atoms with E-state index in [1.807, 2.05) is 39.0 Å². The lowest BCUT2D eigenvalue weighted by Crippen LogP contribution is -2.34. The lowest BCUT2D eigenvalue weighted by atomic mass is 10.2. The number of hydrogen-bond donors (Lipinski definition) is 2. The third-order valence-corrected chi connectivity index (χ3v) is 2.63. The lowest BCUT2D eigenvalue weighted by molar-refractivity contribution is -0.117. The molecule has 0 aliphatic heterocycles. The lowest BCUT2D eigenvalue weighted by Gasteiger charge is -2.15. The number of hydrogen-bond acceptors (Lipinski definition) is 3. The predicted molar refractivity (Wildman–Crippen MR) is 73.9 cm³/mol. The van der Waals surface area contributed by atoms with Crippen molar-refractivity contribution >= 4 is 11.6 Å². The number of ether oxygens (including phenoxy) is 1. The average molecular weight is 250 g/mol. The summed E-state index contributed by atoms with van der Waals surface area (Å²) in [6.45, 7) is 6.54.